The predicted molar refractivity (Wildman–Crippen MR) is 76.3 cm³/mol. The van der Waals surface area contributed by atoms with Crippen LogP contribution >= 0.6 is 0 Å². The summed E-state index contributed by atoms with van der Waals surface area (Å²) in [6, 6.07) is 6.03. The topological polar surface area (TPSA) is 93.1 Å². The second-order valence-electron chi connectivity index (χ2n) is 4.83. The highest BCUT2D eigenvalue weighted by Gasteiger charge is 2.45. The van der Waals surface area contributed by atoms with E-state index in [0.29, 0.717) is 26.3 Å². The number of benzene rings is 1. The first-order valence-electron chi connectivity index (χ1n) is 6.65. The van der Waals surface area contributed by atoms with Gasteiger partial charge in [-0.15, -0.1) is 0 Å². The Hall–Kier alpha value is -1.78. The Morgan fingerprint density at radius 2 is 1.83 bits per heavy atom. The van der Waals surface area contributed by atoms with Crippen LogP contribution in [0.25, 0.3) is 0 Å². The zero-order valence-electron chi connectivity index (χ0n) is 11.9. The molecule has 1 heterocycles. The number of nitrogens with zero attached hydrogens (tertiary/aromatic N) is 1. The maximum atomic E-state index is 13.0. The number of carbonyl (C=O) groups excluding carboxylic acids is 1. The second kappa shape index (κ2) is 6.77. The highest BCUT2D eigenvalue weighted by atomic mass is 32.2. The van der Waals surface area contributed by atoms with Crippen LogP contribution in [0, 0.1) is 0 Å². The molecule has 0 spiro atoms. The van der Waals surface area contributed by atoms with Gasteiger partial charge < -0.3 is 14.4 Å². The number of hydrogen-bond acceptors (Lipinski definition) is 6. The lowest BCUT2D eigenvalue weighted by molar-refractivity contribution is -0.00950. The maximum Gasteiger partial charge on any atom is 0.402 e. The quantitative estimate of drug-likeness (QED) is 0.628. The Balaban J connectivity index is 1.98. The van der Waals surface area contributed by atoms with Crippen molar-refractivity contribution in [3.63, 3.8) is 0 Å². The molecule has 2 rings (SSSR count). The van der Waals surface area contributed by atoms with Crippen molar-refractivity contribution >= 4 is 21.8 Å². The minimum absolute atomic E-state index is 0.00635. The third-order valence-electron chi connectivity index (χ3n) is 3.23. The SMILES string of the molecule is O=C(OCC(F)(F)S(=O)(=O)O)c1ccc(N2CCOCC2)cc1. The molecular formula is C13H15F2NO6S. The van der Waals surface area contributed by atoms with E-state index in [0.717, 1.165) is 5.69 Å². The molecule has 0 atom stereocenters. The van der Waals surface area contributed by atoms with Gasteiger partial charge in [-0.2, -0.15) is 17.2 Å². The molecule has 128 valence electrons. The Labute approximate surface area is 131 Å². The maximum absolute atomic E-state index is 13.0. The number of esters is 1. The predicted octanol–water partition coefficient (Wildman–Crippen LogP) is 1.16. The normalized spacial score (nSPS) is 16.2. The first-order valence-corrected chi connectivity index (χ1v) is 8.09. The summed E-state index contributed by atoms with van der Waals surface area (Å²) in [7, 11) is -5.63. The van der Waals surface area contributed by atoms with Crippen LogP contribution in [0.15, 0.2) is 24.3 Å². The van der Waals surface area contributed by atoms with Gasteiger partial charge in [0.05, 0.1) is 18.8 Å². The van der Waals surface area contributed by atoms with E-state index in [2.05, 4.69) is 4.74 Å². The molecule has 0 bridgehead atoms. The van der Waals surface area contributed by atoms with Gasteiger partial charge in [-0.25, -0.2) is 4.79 Å². The van der Waals surface area contributed by atoms with Crippen molar-refractivity contribution in [3.05, 3.63) is 29.8 Å². The van der Waals surface area contributed by atoms with Crippen LogP contribution in [0.1, 0.15) is 10.4 Å². The molecule has 0 saturated carbocycles. The van der Waals surface area contributed by atoms with Gasteiger partial charge in [0.15, 0.2) is 6.61 Å². The van der Waals surface area contributed by atoms with Gasteiger partial charge in [-0.05, 0) is 24.3 Å². The summed E-state index contributed by atoms with van der Waals surface area (Å²) in [5, 5.41) is -4.55. The summed E-state index contributed by atoms with van der Waals surface area (Å²) < 4.78 is 64.6. The van der Waals surface area contributed by atoms with Crippen molar-refractivity contribution < 1.29 is 36.0 Å². The number of ether oxygens (including phenoxy) is 2. The molecule has 0 radical (unpaired) electrons. The lowest BCUT2D eigenvalue weighted by atomic mass is 10.2. The van der Waals surface area contributed by atoms with Crippen molar-refractivity contribution in [2.45, 2.75) is 5.25 Å². The molecule has 1 aliphatic heterocycles. The number of halogens is 2. The third-order valence-corrected chi connectivity index (χ3v) is 4.10. The summed E-state index contributed by atoms with van der Waals surface area (Å²) in [6.07, 6.45) is 0. The van der Waals surface area contributed by atoms with Gasteiger partial charge in [0.1, 0.15) is 0 Å². The van der Waals surface area contributed by atoms with E-state index in [9.17, 15) is 22.0 Å². The molecule has 1 aromatic rings. The zero-order valence-corrected chi connectivity index (χ0v) is 12.8. The Morgan fingerprint density at radius 1 is 1.26 bits per heavy atom. The summed E-state index contributed by atoms with van der Waals surface area (Å²) in [5.41, 5.74) is 0.835. The molecule has 7 nitrogen and oxygen atoms in total. The molecule has 0 unspecified atom stereocenters. The summed E-state index contributed by atoms with van der Waals surface area (Å²) >= 11 is 0. The first-order chi connectivity index (χ1) is 10.7. The van der Waals surface area contributed by atoms with E-state index < -0.39 is 27.9 Å². The van der Waals surface area contributed by atoms with Crippen LogP contribution < -0.4 is 4.90 Å². The summed E-state index contributed by atoms with van der Waals surface area (Å²) in [5.74, 6) is -1.11. The fourth-order valence-corrected chi connectivity index (χ4v) is 2.15. The van der Waals surface area contributed by atoms with Crippen molar-refractivity contribution in [1.29, 1.82) is 0 Å². The van der Waals surface area contributed by atoms with Gasteiger partial charge in [0, 0.05) is 18.8 Å². The van der Waals surface area contributed by atoms with Crippen molar-refractivity contribution in [2.75, 3.05) is 37.8 Å². The van der Waals surface area contributed by atoms with Crippen LogP contribution in [0.2, 0.25) is 0 Å². The Morgan fingerprint density at radius 3 is 2.35 bits per heavy atom. The largest absolute Gasteiger partial charge is 0.454 e. The van der Waals surface area contributed by atoms with Gasteiger partial charge in [-0.1, -0.05) is 0 Å². The third kappa shape index (κ3) is 4.36. The number of morpholine rings is 1. The first kappa shape index (κ1) is 17.6. The molecule has 1 aliphatic rings. The van der Waals surface area contributed by atoms with E-state index in [1.165, 1.54) is 12.1 Å². The van der Waals surface area contributed by atoms with E-state index >= 15 is 0 Å². The standard InChI is InChI=1S/C13H15F2NO6S/c14-13(15,23(18,19)20)9-22-12(17)10-1-3-11(4-2-10)16-5-7-21-8-6-16/h1-4H,5-9H2,(H,18,19,20). The van der Waals surface area contributed by atoms with Crippen LogP contribution in [0.5, 0.6) is 0 Å². The van der Waals surface area contributed by atoms with Crippen LogP contribution in [0.3, 0.4) is 0 Å². The number of rotatable bonds is 5. The monoisotopic (exact) mass is 351 g/mol. The van der Waals surface area contributed by atoms with E-state index in [4.69, 9.17) is 9.29 Å². The minimum atomic E-state index is -5.63. The lowest BCUT2D eigenvalue weighted by Gasteiger charge is -2.28. The Kier molecular flexibility index (Phi) is 5.17. The average molecular weight is 351 g/mol. The molecule has 0 aromatic heterocycles. The highest BCUT2D eigenvalue weighted by molar-refractivity contribution is 7.86. The van der Waals surface area contributed by atoms with Gasteiger partial charge >= 0.3 is 21.3 Å². The zero-order chi connectivity index (χ0) is 17.1. The number of carbonyl (C=O) groups is 1. The smallest absolute Gasteiger partial charge is 0.402 e. The molecule has 0 aliphatic carbocycles. The molecule has 1 N–H and O–H groups in total. The lowest BCUT2D eigenvalue weighted by Crippen LogP contribution is -2.36. The van der Waals surface area contributed by atoms with E-state index in [1.54, 1.807) is 12.1 Å². The van der Waals surface area contributed by atoms with Crippen LogP contribution in [0.4, 0.5) is 14.5 Å². The van der Waals surface area contributed by atoms with E-state index in [1.807, 2.05) is 4.90 Å². The Bertz CT molecular complexity index is 656. The van der Waals surface area contributed by atoms with Crippen molar-refractivity contribution in [3.8, 4) is 0 Å². The van der Waals surface area contributed by atoms with Crippen LogP contribution in [-0.2, 0) is 19.6 Å². The number of alkyl halides is 2. The van der Waals surface area contributed by atoms with Crippen molar-refractivity contribution in [1.82, 2.24) is 0 Å². The molecule has 1 fully saturated rings. The summed E-state index contributed by atoms with van der Waals surface area (Å²) in [6.45, 7) is 0.827. The van der Waals surface area contributed by atoms with Crippen molar-refractivity contribution in [2.24, 2.45) is 0 Å². The van der Waals surface area contributed by atoms with Crippen LogP contribution in [-0.4, -0.2) is 57.1 Å². The molecule has 23 heavy (non-hydrogen) atoms. The fraction of sp³-hybridized carbons (Fsp3) is 0.462. The molecular weight excluding hydrogens is 336 g/mol. The summed E-state index contributed by atoms with van der Waals surface area (Å²) in [4.78, 5) is 13.7. The minimum Gasteiger partial charge on any atom is -0.454 e. The van der Waals surface area contributed by atoms with Gasteiger partial charge in [-0.3, -0.25) is 4.55 Å². The molecule has 1 aromatic carbocycles. The van der Waals surface area contributed by atoms with Gasteiger partial charge in [0.25, 0.3) is 0 Å². The average Bonchev–Trinajstić information content (AvgIpc) is 2.52. The molecule has 1 saturated heterocycles. The van der Waals surface area contributed by atoms with E-state index in [-0.39, 0.29) is 5.56 Å². The number of anilines is 1. The number of hydrogen-bond donors (Lipinski definition) is 1. The highest BCUT2D eigenvalue weighted by Crippen LogP contribution is 2.22. The van der Waals surface area contributed by atoms with Gasteiger partial charge in [0.2, 0.25) is 0 Å². The molecule has 10 heteroatoms. The fourth-order valence-electron chi connectivity index (χ4n) is 1.94. The molecule has 0 amide bonds. The second-order valence-corrected chi connectivity index (χ2v) is 6.38.